The Labute approximate surface area is 139 Å². The van der Waals surface area contributed by atoms with Gasteiger partial charge in [0.2, 0.25) is 0 Å². The van der Waals surface area contributed by atoms with Gasteiger partial charge in [0.1, 0.15) is 0 Å². The first-order valence-electron chi connectivity index (χ1n) is 7.12. The number of aromatic nitrogens is 2. The molecule has 1 aromatic carbocycles. The van der Waals surface area contributed by atoms with E-state index in [1.165, 1.54) is 17.3 Å². The molecule has 0 atom stereocenters. The van der Waals surface area contributed by atoms with E-state index in [2.05, 4.69) is 19.6 Å². The van der Waals surface area contributed by atoms with Gasteiger partial charge in [-0.05, 0) is 38.2 Å². The van der Waals surface area contributed by atoms with Gasteiger partial charge in [0.25, 0.3) is 10.0 Å². The fourth-order valence-electron chi connectivity index (χ4n) is 2.34. The van der Waals surface area contributed by atoms with E-state index in [9.17, 15) is 8.42 Å². The molecule has 122 valence electrons. The summed E-state index contributed by atoms with van der Waals surface area (Å²) in [6.45, 7) is 0.965. The van der Waals surface area contributed by atoms with Gasteiger partial charge in [0.15, 0.2) is 4.21 Å². The number of thiazole rings is 1. The molecule has 0 bridgehead atoms. The Bertz CT molecular complexity index is 899. The van der Waals surface area contributed by atoms with Gasteiger partial charge in [-0.1, -0.05) is 6.07 Å². The second-order valence-corrected chi connectivity index (χ2v) is 8.35. The van der Waals surface area contributed by atoms with E-state index in [1.54, 1.807) is 6.07 Å². The average molecular weight is 350 g/mol. The highest BCUT2D eigenvalue weighted by Gasteiger charge is 2.16. The van der Waals surface area contributed by atoms with Crippen LogP contribution in [0.25, 0.3) is 10.9 Å². The molecule has 3 aromatic rings. The number of aromatic amines is 1. The number of likely N-dealkylation sites (N-methyl/N-ethyl adjacent to an activating group) is 1. The fourth-order valence-corrected chi connectivity index (χ4v) is 4.19. The summed E-state index contributed by atoms with van der Waals surface area (Å²) < 4.78 is 27.2. The van der Waals surface area contributed by atoms with Crippen molar-refractivity contribution in [1.82, 2.24) is 14.9 Å². The molecular weight excluding hydrogens is 332 g/mol. The minimum absolute atomic E-state index is 0.204. The van der Waals surface area contributed by atoms with Crippen molar-refractivity contribution < 1.29 is 8.42 Å². The number of benzene rings is 1. The molecular formula is C15H18N4O2S2. The lowest BCUT2D eigenvalue weighted by atomic mass is 10.1. The van der Waals surface area contributed by atoms with Crippen molar-refractivity contribution in [3.05, 3.63) is 41.7 Å². The minimum atomic E-state index is -3.57. The van der Waals surface area contributed by atoms with E-state index >= 15 is 0 Å². The summed E-state index contributed by atoms with van der Waals surface area (Å²) >= 11 is 1.09. The van der Waals surface area contributed by atoms with Gasteiger partial charge in [-0.15, -0.1) is 11.3 Å². The van der Waals surface area contributed by atoms with Crippen LogP contribution in [0.2, 0.25) is 0 Å². The molecule has 2 N–H and O–H groups in total. The summed E-state index contributed by atoms with van der Waals surface area (Å²) in [6.07, 6.45) is 4.27. The van der Waals surface area contributed by atoms with Gasteiger partial charge in [-0.2, -0.15) is 0 Å². The van der Waals surface area contributed by atoms with Crippen LogP contribution < -0.4 is 4.72 Å². The predicted octanol–water partition coefficient (Wildman–Crippen LogP) is 2.53. The zero-order valence-corrected chi connectivity index (χ0v) is 14.5. The van der Waals surface area contributed by atoms with Crippen molar-refractivity contribution in [3.63, 3.8) is 0 Å². The SMILES string of the molecule is CN(C)CCc1c[nH]c2cc(NS(=O)(=O)c3cncs3)ccc12. The molecule has 0 fully saturated rings. The van der Waals surface area contributed by atoms with Crippen LogP contribution in [-0.2, 0) is 16.4 Å². The number of H-pyrrole nitrogens is 1. The van der Waals surface area contributed by atoms with Crippen LogP contribution >= 0.6 is 11.3 Å². The maximum atomic E-state index is 12.2. The minimum Gasteiger partial charge on any atom is -0.361 e. The highest BCUT2D eigenvalue weighted by atomic mass is 32.2. The second-order valence-electron chi connectivity index (χ2n) is 5.55. The molecule has 3 rings (SSSR count). The summed E-state index contributed by atoms with van der Waals surface area (Å²) in [5.74, 6) is 0. The number of sulfonamides is 1. The third-order valence-electron chi connectivity index (χ3n) is 3.52. The van der Waals surface area contributed by atoms with E-state index < -0.39 is 10.0 Å². The van der Waals surface area contributed by atoms with E-state index in [1.807, 2.05) is 32.4 Å². The number of fused-ring (bicyclic) bond motifs is 1. The Kier molecular flexibility index (Phi) is 4.38. The highest BCUT2D eigenvalue weighted by molar-refractivity contribution is 7.94. The third-order valence-corrected chi connectivity index (χ3v) is 6.17. The average Bonchev–Trinajstić information content (AvgIpc) is 3.14. The van der Waals surface area contributed by atoms with Crippen LogP contribution in [0.15, 0.2) is 40.3 Å². The number of anilines is 1. The molecule has 2 aromatic heterocycles. The van der Waals surface area contributed by atoms with Crippen molar-refractivity contribution >= 4 is 38.0 Å². The number of nitrogens with one attached hydrogen (secondary N) is 2. The fraction of sp³-hybridized carbons (Fsp3) is 0.267. The number of nitrogens with zero attached hydrogens (tertiary/aromatic N) is 2. The van der Waals surface area contributed by atoms with E-state index in [-0.39, 0.29) is 4.21 Å². The van der Waals surface area contributed by atoms with Crippen LogP contribution in [-0.4, -0.2) is 43.9 Å². The lowest BCUT2D eigenvalue weighted by Gasteiger charge is -2.09. The molecule has 0 aliphatic carbocycles. The van der Waals surface area contributed by atoms with Gasteiger partial charge in [-0.3, -0.25) is 9.71 Å². The molecule has 0 aliphatic heterocycles. The molecule has 0 saturated heterocycles. The topological polar surface area (TPSA) is 78.1 Å². The van der Waals surface area contributed by atoms with Crippen molar-refractivity contribution in [1.29, 1.82) is 0 Å². The maximum absolute atomic E-state index is 12.2. The lowest BCUT2D eigenvalue weighted by molar-refractivity contribution is 0.414. The van der Waals surface area contributed by atoms with Gasteiger partial charge in [0.05, 0.1) is 17.4 Å². The molecule has 0 aliphatic rings. The highest BCUT2D eigenvalue weighted by Crippen LogP contribution is 2.25. The molecule has 2 heterocycles. The van der Waals surface area contributed by atoms with E-state index in [4.69, 9.17) is 0 Å². The van der Waals surface area contributed by atoms with Crippen LogP contribution in [0.5, 0.6) is 0 Å². The maximum Gasteiger partial charge on any atom is 0.273 e. The van der Waals surface area contributed by atoms with Crippen LogP contribution in [0.1, 0.15) is 5.56 Å². The van der Waals surface area contributed by atoms with Crippen molar-refractivity contribution in [2.75, 3.05) is 25.4 Å². The molecule has 23 heavy (non-hydrogen) atoms. The predicted molar refractivity (Wildman–Crippen MR) is 93.5 cm³/mol. The van der Waals surface area contributed by atoms with Crippen LogP contribution in [0, 0.1) is 0 Å². The van der Waals surface area contributed by atoms with Gasteiger partial charge < -0.3 is 9.88 Å². The first kappa shape index (κ1) is 16.0. The zero-order chi connectivity index (χ0) is 16.4. The molecule has 0 unspecified atom stereocenters. The summed E-state index contributed by atoms with van der Waals surface area (Å²) in [5.41, 5.74) is 4.18. The number of hydrogen-bond donors (Lipinski definition) is 2. The van der Waals surface area contributed by atoms with Crippen LogP contribution in [0.4, 0.5) is 5.69 Å². The number of rotatable bonds is 6. The lowest BCUT2D eigenvalue weighted by Crippen LogP contribution is -2.14. The summed E-state index contributed by atoms with van der Waals surface area (Å²) in [6, 6.07) is 5.54. The first-order valence-corrected chi connectivity index (χ1v) is 9.48. The Hall–Kier alpha value is -1.90. The summed E-state index contributed by atoms with van der Waals surface area (Å²) in [5, 5.41) is 1.12. The van der Waals surface area contributed by atoms with E-state index in [0.29, 0.717) is 5.69 Å². The molecule has 0 amide bonds. The quantitative estimate of drug-likeness (QED) is 0.716. The summed E-state index contributed by atoms with van der Waals surface area (Å²) in [7, 11) is 0.518. The number of hydrogen-bond acceptors (Lipinski definition) is 5. The standard InChI is InChI=1S/C15H18N4O2S2/c1-19(2)6-5-11-8-17-14-7-12(3-4-13(11)14)18-23(20,21)15-9-16-10-22-15/h3-4,7-10,17-18H,5-6H2,1-2H3. The normalized spacial score (nSPS) is 12.1. The monoisotopic (exact) mass is 350 g/mol. The van der Waals surface area contributed by atoms with Crippen molar-refractivity contribution in [2.24, 2.45) is 0 Å². The largest absolute Gasteiger partial charge is 0.361 e. The van der Waals surface area contributed by atoms with Crippen LogP contribution in [0.3, 0.4) is 0 Å². The Balaban J connectivity index is 1.84. The molecule has 0 saturated carbocycles. The Morgan fingerprint density at radius 2 is 2.17 bits per heavy atom. The zero-order valence-electron chi connectivity index (χ0n) is 12.9. The van der Waals surface area contributed by atoms with Crippen molar-refractivity contribution in [2.45, 2.75) is 10.6 Å². The Morgan fingerprint density at radius 3 is 2.87 bits per heavy atom. The van der Waals surface area contributed by atoms with E-state index in [0.717, 1.165) is 35.2 Å². The van der Waals surface area contributed by atoms with Crippen molar-refractivity contribution in [3.8, 4) is 0 Å². The van der Waals surface area contributed by atoms with Gasteiger partial charge >= 0.3 is 0 Å². The molecule has 0 spiro atoms. The van der Waals surface area contributed by atoms with Gasteiger partial charge in [0, 0.05) is 23.6 Å². The Morgan fingerprint density at radius 1 is 1.35 bits per heavy atom. The second kappa shape index (κ2) is 6.31. The molecule has 8 heteroatoms. The summed E-state index contributed by atoms with van der Waals surface area (Å²) in [4.78, 5) is 9.15. The third kappa shape index (κ3) is 3.54. The first-order chi connectivity index (χ1) is 11.0. The molecule has 6 nitrogen and oxygen atoms in total. The van der Waals surface area contributed by atoms with Gasteiger partial charge in [-0.25, -0.2) is 8.42 Å². The molecule has 0 radical (unpaired) electrons. The smallest absolute Gasteiger partial charge is 0.273 e.